The van der Waals surface area contributed by atoms with Gasteiger partial charge in [-0.05, 0) is 162 Å². The number of anilines is 2. The number of hydrogen-bond acceptors (Lipinski definition) is 8. The maximum absolute atomic E-state index is 13.2. The first-order valence-electron chi connectivity index (χ1n) is 21.1. The van der Waals surface area contributed by atoms with Crippen LogP contribution in [0.1, 0.15) is 59.1 Å². The van der Waals surface area contributed by atoms with Crippen molar-refractivity contribution in [2.24, 2.45) is 0 Å². The number of carbonyl (C=O) groups is 2. The summed E-state index contributed by atoms with van der Waals surface area (Å²) in [5.74, 6) is 1.36. The van der Waals surface area contributed by atoms with Gasteiger partial charge in [0.25, 0.3) is 17.3 Å². The molecule has 2 fully saturated rings. The Labute approximate surface area is 397 Å². The van der Waals surface area contributed by atoms with Crippen molar-refractivity contribution in [3.8, 4) is 11.5 Å². The van der Waals surface area contributed by atoms with E-state index in [1.807, 2.05) is 112 Å². The van der Waals surface area contributed by atoms with E-state index in [0.717, 1.165) is 44.2 Å². The predicted molar refractivity (Wildman–Crippen MR) is 267 cm³/mol. The number of amides is 2. The maximum atomic E-state index is 13.2. The van der Waals surface area contributed by atoms with Gasteiger partial charge in [-0.2, -0.15) is 0 Å². The molecule has 2 saturated heterocycles. The molecule has 0 unspecified atom stereocenters. The van der Waals surface area contributed by atoms with Crippen molar-refractivity contribution in [3.63, 3.8) is 0 Å². The fraction of sp³-hybridized carbons (Fsp3) is 0.294. The number of aryl methyl sites for hydroxylation is 2. The molecule has 0 saturated carbocycles. The zero-order chi connectivity index (χ0) is 46.6. The molecule has 0 spiro atoms. The number of thiocarbonyl (C=S) groups is 2. The summed E-state index contributed by atoms with van der Waals surface area (Å²) in [5.41, 5.74) is 3.32. The standard InChI is InChI=1S/C25H25N4O3S.C25H24N4O2S.CH4/c1-17-15-19(8-10-21(17)26-4)29-23(30)25(2,3)27(24(29)33)12-6-14-32-20-9-11-22-18(16-20)7-5-13-28(22)31;1-17-14-20(7-9-22(17)26-4)29-23(30)25(2,3)28(24(29)32)12-5-13-31-21-8-6-19-16-27-11-10-18(19)15-21;/h5,7-11,13,15-16,31H,6,12,14H2,1-3H3;6-11,14-16H,5,12-13H2,1-3H3;1H4/q+1;;. The summed E-state index contributed by atoms with van der Waals surface area (Å²) in [5, 5.41) is 13.8. The number of aromatic nitrogens is 2. The Balaban J connectivity index is 0.000000215. The third-order valence-corrected chi connectivity index (χ3v) is 12.5. The van der Waals surface area contributed by atoms with Crippen LogP contribution in [0.4, 0.5) is 22.7 Å². The van der Waals surface area contributed by atoms with Crippen LogP contribution in [0.2, 0.25) is 0 Å². The summed E-state index contributed by atoms with van der Waals surface area (Å²) >= 11 is 11.4. The average molecular weight is 922 g/mol. The Bertz CT molecular complexity index is 2940. The number of fused-ring (bicyclic) bond motifs is 2. The largest absolute Gasteiger partial charge is 0.494 e. The van der Waals surface area contributed by atoms with E-state index in [1.54, 1.807) is 58.6 Å². The van der Waals surface area contributed by atoms with Crippen molar-refractivity contribution < 1.29 is 29.0 Å². The van der Waals surface area contributed by atoms with Gasteiger partial charge in [-0.25, -0.2) is 9.69 Å². The van der Waals surface area contributed by atoms with E-state index in [4.69, 9.17) is 47.1 Å². The minimum absolute atomic E-state index is 0. The smallest absolute Gasteiger partial charge is 0.264 e. The lowest BCUT2D eigenvalue weighted by Crippen LogP contribution is -2.44. The van der Waals surface area contributed by atoms with Crippen molar-refractivity contribution >= 4 is 90.9 Å². The van der Waals surface area contributed by atoms with Gasteiger partial charge < -0.3 is 19.3 Å². The highest BCUT2D eigenvalue weighted by atomic mass is 32.1. The van der Waals surface area contributed by atoms with E-state index in [1.165, 1.54) is 0 Å². The molecule has 66 heavy (non-hydrogen) atoms. The first-order valence-corrected chi connectivity index (χ1v) is 21.9. The molecule has 4 heterocycles. The summed E-state index contributed by atoms with van der Waals surface area (Å²) in [6, 6.07) is 27.8. The van der Waals surface area contributed by atoms with Crippen molar-refractivity contribution in [2.75, 3.05) is 36.1 Å². The fourth-order valence-corrected chi connectivity index (χ4v) is 8.95. The molecule has 0 aliphatic carbocycles. The van der Waals surface area contributed by atoms with E-state index < -0.39 is 11.1 Å². The molecular weight excluding hydrogens is 869 g/mol. The third kappa shape index (κ3) is 9.59. The minimum atomic E-state index is -0.777. The highest BCUT2D eigenvalue weighted by molar-refractivity contribution is 7.80. The topological polar surface area (TPSA) is 111 Å². The number of benzene rings is 4. The van der Waals surface area contributed by atoms with Crippen LogP contribution in [-0.2, 0) is 9.59 Å². The third-order valence-electron chi connectivity index (χ3n) is 11.7. The lowest BCUT2D eigenvalue weighted by molar-refractivity contribution is -0.884. The van der Waals surface area contributed by atoms with Gasteiger partial charge in [0, 0.05) is 59.1 Å². The molecule has 2 aromatic heterocycles. The van der Waals surface area contributed by atoms with Crippen molar-refractivity contribution in [1.29, 1.82) is 0 Å². The molecule has 6 aromatic rings. The second kappa shape index (κ2) is 19.9. The molecule has 0 bridgehead atoms. The Morgan fingerprint density at radius 2 is 1.18 bits per heavy atom. The minimum Gasteiger partial charge on any atom is -0.494 e. The molecular formula is C51H53N8O5S2+. The number of carbonyl (C=O) groups excluding carboxylic acids is 2. The van der Waals surface area contributed by atoms with Crippen LogP contribution in [-0.4, -0.2) is 79.4 Å². The van der Waals surface area contributed by atoms with Gasteiger partial charge in [0.2, 0.25) is 6.20 Å². The Kier molecular flexibility index (Phi) is 14.6. The molecule has 0 atom stereocenters. The Morgan fingerprint density at radius 1 is 0.682 bits per heavy atom. The normalized spacial score (nSPS) is 15.0. The average Bonchev–Trinajstić information content (AvgIpc) is 3.57. The van der Waals surface area contributed by atoms with E-state index in [0.29, 0.717) is 77.0 Å². The molecule has 1 N–H and O–H groups in total. The van der Waals surface area contributed by atoms with Crippen molar-refractivity contribution in [1.82, 2.24) is 14.8 Å². The molecule has 2 aliphatic heterocycles. The quantitative estimate of drug-likeness (QED) is 0.0419. The van der Waals surface area contributed by atoms with E-state index >= 15 is 0 Å². The zero-order valence-corrected chi connectivity index (χ0v) is 38.7. The molecule has 2 amide bonds. The van der Waals surface area contributed by atoms with Gasteiger partial charge in [-0.15, -0.1) is 0 Å². The monoisotopic (exact) mass is 921 g/mol. The maximum Gasteiger partial charge on any atom is 0.264 e. The number of hydrogen-bond donors (Lipinski definition) is 1. The second-order valence-electron chi connectivity index (χ2n) is 16.8. The van der Waals surface area contributed by atoms with Gasteiger partial charge in [-0.1, -0.05) is 19.6 Å². The highest BCUT2D eigenvalue weighted by Crippen LogP contribution is 2.36. The number of nitrogens with zero attached hydrogens (tertiary/aromatic N) is 8. The number of pyridine rings is 2. The Hall–Kier alpha value is -7.20. The van der Waals surface area contributed by atoms with Crippen molar-refractivity contribution in [3.05, 3.63) is 144 Å². The van der Waals surface area contributed by atoms with Crippen LogP contribution in [0.3, 0.4) is 0 Å². The van der Waals surface area contributed by atoms with E-state index in [2.05, 4.69) is 14.7 Å². The summed E-state index contributed by atoms with van der Waals surface area (Å²) in [6.07, 6.45) is 6.56. The van der Waals surface area contributed by atoms with E-state index in [-0.39, 0.29) is 19.2 Å². The first-order chi connectivity index (χ1) is 31.1. The van der Waals surface area contributed by atoms with Crippen LogP contribution in [0.25, 0.3) is 31.4 Å². The second-order valence-corrected chi connectivity index (χ2v) is 17.5. The van der Waals surface area contributed by atoms with Crippen molar-refractivity contribution in [2.45, 2.75) is 72.9 Å². The van der Waals surface area contributed by atoms with Crippen LogP contribution < -0.4 is 24.0 Å². The fourth-order valence-electron chi connectivity index (χ4n) is 7.94. The molecule has 2 aliphatic rings. The predicted octanol–water partition coefficient (Wildman–Crippen LogP) is 10.3. The van der Waals surface area contributed by atoms with Crippen LogP contribution in [0, 0.1) is 27.0 Å². The lowest BCUT2D eigenvalue weighted by Gasteiger charge is -2.29. The molecule has 15 heteroatoms. The SMILES string of the molecule is C.[C-]#[N+]c1ccc(N2C(=O)C(C)(C)N(CCCOc3ccc4c(ccc[n+]4O)c3)C2=S)cc1C.[C-]#[N+]c1ccc(N2C(=O)C(C)(C)N(CCCOc3ccc4cnccc4c3)C2=S)cc1C. The van der Waals surface area contributed by atoms with Crippen LogP contribution in [0.5, 0.6) is 11.5 Å². The summed E-state index contributed by atoms with van der Waals surface area (Å²) in [6.45, 7) is 27.8. The number of rotatable bonds is 12. The molecule has 0 radical (unpaired) electrons. The first kappa shape index (κ1) is 48.3. The molecule has 4 aromatic carbocycles. The molecule has 338 valence electrons. The van der Waals surface area contributed by atoms with Gasteiger partial charge in [0.05, 0.1) is 31.7 Å². The summed E-state index contributed by atoms with van der Waals surface area (Å²) in [4.78, 5) is 44.5. The van der Waals surface area contributed by atoms with Crippen LogP contribution >= 0.6 is 24.4 Å². The highest BCUT2D eigenvalue weighted by Gasteiger charge is 2.50. The van der Waals surface area contributed by atoms with E-state index in [9.17, 15) is 14.8 Å². The number of ether oxygens (including phenoxy) is 2. The molecule has 8 rings (SSSR count). The lowest BCUT2D eigenvalue weighted by atomic mass is 10.0. The van der Waals surface area contributed by atoms with Gasteiger partial charge in [0.1, 0.15) is 22.6 Å². The summed E-state index contributed by atoms with van der Waals surface area (Å²) in [7, 11) is 0. The van der Waals surface area contributed by atoms with Crippen LogP contribution in [0.15, 0.2) is 110 Å². The van der Waals surface area contributed by atoms with Gasteiger partial charge in [0.15, 0.2) is 21.6 Å². The van der Waals surface area contributed by atoms with Gasteiger partial charge in [-0.3, -0.25) is 29.6 Å². The summed E-state index contributed by atoms with van der Waals surface area (Å²) < 4.78 is 12.9. The zero-order valence-electron chi connectivity index (χ0n) is 37.1. The Morgan fingerprint density at radius 3 is 1.68 bits per heavy atom. The van der Waals surface area contributed by atoms with Gasteiger partial charge >= 0.3 is 0 Å². The molecule has 13 nitrogen and oxygen atoms in total.